The Morgan fingerprint density at radius 1 is 1.21 bits per heavy atom. The highest BCUT2D eigenvalue weighted by Gasteiger charge is 2.28. The molecule has 0 saturated heterocycles. The topological polar surface area (TPSA) is 90.0 Å². The van der Waals surface area contributed by atoms with Gasteiger partial charge in [-0.3, -0.25) is 9.59 Å². The minimum Gasteiger partial charge on any atom is -0.360 e. The van der Waals surface area contributed by atoms with Crippen molar-refractivity contribution in [3.8, 4) is 0 Å². The molecule has 0 unspecified atom stereocenters. The lowest BCUT2D eigenvalue weighted by Gasteiger charge is -2.31. The average Bonchev–Trinajstić information content (AvgIpc) is 3.20. The van der Waals surface area contributed by atoms with E-state index in [2.05, 4.69) is 15.5 Å². The van der Waals surface area contributed by atoms with Gasteiger partial charge in [-0.25, -0.2) is 4.98 Å². The van der Waals surface area contributed by atoms with E-state index in [1.54, 1.807) is 25.1 Å². The molecule has 9 heteroatoms. The first kappa shape index (κ1) is 21.9. The van der Waals surface area contributed by atoms with Crippen molar-refractivity contribution in [2.75, 3.05) is 6.54 Å². The van der Waals surface area contributed by atoms with Crippen LogP contribution in [0.25, 0.3) is 21.8 Å². The SMILES string of the molecule is Cc1onc2c1c(=O)n([C@H]1CCC[C@@H](CNC(=O)c3ccc(Cl)nc3)C1)c1cccc(Cl)c21. The van der Waals surface area contributed by atoms with Crippen molar-refractivity contribution in [3.63, 3.8) is 0 Å². The van der Waals surface area contributed by atoms with Crippen LogP contribution in [-0.4, -0.2) is 27.2 Å². The summed E-state index contributed by atoms with van der Waals surface area (Å²) in [4.78, 5) is 30.0. The van der Waals surface area contributed by atoms with Gasteiger partial charge in [0.05, 0.1) is 16.1 Å². The van der Waals surface area contributed by atoms with E-state index in [0.717, 1.165) is 36.6 Å². The third-order valence-corrected chi connectivity index (χ3v) is 6.98. The zero-order chi connectivity index (χ0) is 23.1. The van der Waals surface area contributed by atoms with Crippen LogP contribution in [0.2, 0.25) is 10.2 Å². The van der Waals surface area contributed by atoms with Gasteiger partial charge in [0, 0.05) is 24.2 Å². The first-order valence-electron chi connectivity index (χ1n) is 10.9. The van der Waals surface area contributed by atoms with Crippen LogP contribution >= 0.6 is 23.2 Å². The average molecular weight is 485 g/mol. The number of carbonyl (C=O) groups is 1. The van der Waals surface area contributed by atoms with Gasteiger partial charge in [-0.1, -0.05) is 40.8 Å². The fraction of sp³-hybridized carbons (Fsp3) is 0.333. The van der Waals surface area contributed by atoms with E-state index in [9.17, 15) is 9.59 Å². The van der Waals surface area contributed by atoms with Gasteiger partial charge in [-0.05, 0) is 56.4 Å². The van der Waals surface area contributed by atoms with Crippen LogP contribution in [0, 0.1) is 12.8 Å². The number of carbonyl (C=O) groups excluding carboxylic acids is 1. The number of hydrogen-bond acceptors (Lipinski definition) is 5. The van der Waals surface area contributed by atoms with E-state index < -0.39 is 0 Å². The highest BCUT2D eigenvalue weighted by molar-refractivity contribution is 6.37. The van der Waals surface area contributed by atoms with Gasteiger partial charge >= 0.3 is 0 Å². The van der Waals surface area contributed by atoms with E-state index in [4.69, 9.17) is 27.7 Å². The second-order valence-electron chi connectivity index (χ2n) is 8.54. The van der Waals surface area contributed by atoms with E-state index in [-0.39, 0.29) is 23.4 Å². The van der Waals surface area contributed by atoms with Crippen LogP contribution in [0.4, 0.5) is 0 Å². The maximum absolute atomic E-state index is 13.6. The van der Waals surface area contributed by atoms with Crippen LogP contribution in [0.1, 0.15) is 47.8 Å². The van der Waals surface area contributed by atoms with E-state index in [0.29, 0.717) is 38.9 Å². The van der Waals surface area contributed by atoms with Crippen LogP contribution in [0.5, 0.6) is 0 Å². The molecule has 1 aromatic carbocycles. The molecule has 1 amide bonds. The molecule has 3 aromatic heterocycles. The Kier molecular flexibility index (Phi) is 5.85. The largest absolute Gasteiger partial charge is 0.360 e. The summed E-state index contributed by atoms with van der Waals surface area (Å²) in [6.45, 7) is 2.27. The Bertz CT molecular complexity index is 1410. The molecule has 4 aromatic rings. The molecule has 5 rings (SSSR count). The molecule has 1 saturated carbocycles. The molecule has 0 aliphatic heterocycles. The van der Waals surface area contributed by atoms with Crippen molar-refractivity contribution >= 4 is 50.9 Å². The molecule has 2 atom stereocenters. The summed E-state index contributed by atoms with van der Waals surface area (Å²) in [5, 5.41) is 9.21. The zero-order valence-electron chi connectivity index (χ0n) is 18.0. The second-order valence-corrected chi connectivity index (χ2v) is 9.33. The van der Waals surface area contributed by atoms with Crippen molar-refractivity contribution in [2.24, 2.45) is 5.92 Å². The van der Waals surface area contributed by atoms with Crippen molar-refractivity contribution in [1.82, 2.24) is 20.0 Å². The standard InChI is InChI=1S/C24H22Cl2N4O3/c1-13-20-22(29-33-13)21-17(25)6-3-7-18(21)30(24(20)32)16-5-2-4-14(10-16)11-28-23(31)15-8-9-19(26)27-12-15/h3,6-9,12,14,16H,2,4-5,10-11H2,1H3,(H,28,31)/t14-,16+/m1/s1. The van der Waals surface area contributed by atoms with E-state index in [1.807, 2.05) is 16.7 Å². The summed E-state index contributed by atoms with van der Waals surface area (Å²) in [5.74, 6) is 0.548. The first-order chi connectivity index (χ1) is 15.9. The Morgan fingerprint density at radius 2 is 2.06 bits per heavy atom. The highest BCUT2D eigenvalue weighted by atomic mass is 35.5. The molecular weight excluding hydrogens is 463 g/mol. The molecule has 3 heterocycles. The maximum atomic E-state index is 13.6. The van der Waals surface area contributed by atoms with Crippen LogP contribution < -0.4 is 10.9 Å². The summed E-state index contributed by atoms with van der Waals surface area (Å²) >= 11 is 12.3. The quantitative estimate of drug-likeness (QED) is 0.396. The summed E-state index contributed by atoms with van der Waals surface area (Å²) in [5.41, 5.74) is 1.62. The van der Waals surface area contributed by atoms with Crippen molar-refractivity contribution < 1.29 is 9.32 Å². The minimum absolute atomic E-state index is 0.00924. The molecule has 1 aliphatic rings. The van der Waals surface area contributed by atoms with E-state index in [1.165, 1.54) is 6.20 Å². The normalized spacial score (nSPS) is 18.6. The summed E-state index contributed by atoms with van der Waals surface area (Å²) in [6.07, 6.45) is 5.06. The highest BCUT2D eigenvalue weighted by Crippen LogP contribution is 2.36. The molecule has 0 bridgehead atoms. The van der Waals surface area contributed by atoms with Gasteiger partial charge in [0.1, 0.15) is 21.8 Å². The monoisotopic (exact) mass is 484 g/mol. The lowest BCUT2D eigenvalue weighted by atomic mass is 9.85. The van der Waals surface area contributed by atoms with Crippen molar-refractivity contribution in [3.05, 3.63) is 68.4 Å². The van der Waals surface area contributed by atoms with Gasteiger partial charge in [-0.2, -0.15) is 0 Å². The Labute approximate surface area is 199 Å². The van der Waals surface area contributed by atoms with Gasteiger partial charge in [0.2, 0.25) is 0 Å². The molecule has 1 aliphatic carbocycles. The van der Waals surface area contributed by atoms with Crippen LogP contribution in [0.15, 0.2) is 45.8 Å². The third-order valence-electron chi connectivity index (χ3n) is 6.44. The summed E-state index contributed by atoms with van der Waals surface area (Å²) in [7, 11) is 0. The summed E-state index contributed by atoms with van der Waals surface area (Å²) < 4.78 is 7.21. The number of amides is 1. The number of fused-ring (bicyclic) bond motifs is 3. The van der Waals surface area contributed by atoms with Crippen molar-refractivity contribution in [2.45, 2.75) is 38.6 Å². The molecular formula is C24H22Cl2N4O3. The fourth-order valence-electron chi connectivity index (χ4n) is 4.87. The maximum Gasteiger partial charge on any atom is 0.264 e. The lowest BCUT2D eigenvalue weighted by molar-refractivity contribution is 0.0940. The predicted molar refractivity (Wildman–Crippen MR) is 128 cm³/mol. The van der Waals surface area contributed by atoms with Gasteiger partial charge in [-0.15, -0.1) is 0 Å². The number of benzene rings is 1. The third kappa shape index (κ3) is 4.00. The number of rotatable bonds is 4. The molecule has 7 nitrogen and oxygen atoms in total. The molecule has 1 fully saturated rings. The second kappa shape index (κ2) is 8.80. The van der Waals surface area contributed by atoms with Crippen molar-refractivity contribution in [1.29, 1.82) is 0 Å². The van der Waals surface area contributed by atoms with Gasteiger partial charge in [0.15, 0.2) is 0 Å². The molecule has 33 heavy (non-hydrogen) atoms. The number of hydrogen-bond donors (Lipinski definition) is 1. The van der Waals surface area contributed by atoms with E-state index >= 15 is 0 Å². The number of halogens is 2. The van der Waals surface area contributed by atoms with Gasteiger partial charge < -0.3 is 14.4 Å². The number of nitrogens with one attached hydrogen (secondary N) is 1. The smallest absolute Gasteiger partial charge is 0.264 e. The molecule has 0 radical (unpaired) electrons. The number of pyridine rings is 2. The fourth-order valence-corrected chi connectivity index (χ4v) is 5.24. The molecule has 1 N–H and O–H groups in total. The number of aromatic nitrogens is 3. The molecule has 170 valence electrons. The Hall–Kier alpha value is -2.90. The lowest BCUT2D eigenvalue weighted by Crippen LogP contribution is -2.34. The number of aryl methyl sites for hydroxylation is 1. The summed E-state index contributed by atoms with van der Waals surface area (Å²) in [6, 6.07) is 8.79. The Balaban J connectivity index is 1.44. The van der Waals surface area contributed by atoms with Crippen LogP contribution in [-0.2, 0) is 0 Å². The Morgan fingerprint density at radius 3 is 2.85 bits per heavy atom. The predicted octanol–water partition coefficient (Wildman–Crippen LogP) is 5.31. The zero-order valence-corrected chi connectivity index (χ0v) is 19.5. The minimum atomic E-state index is -0.183. The first-order valence-corrected chi connectivity index (χ1v) is 11.7. The molecule has 0 spiro atoms. The van der Waals surface area contributed by atoms with Crippen LogP contribution in [0.3, 0.4) is 0 Å². The van der Waals surface area contributed by atoms with Gasteiger partial charge in [0.25, 0.3) is 11.5 Å². The number of nitrogens with zero attached hydrogens (tertiary/aromatic N) is 3.